The highest BCUT2D eigenvalue weighted by atomic mass is 19.4. The number of hydrogen-bond donors (Lipinski definition) is 2. The van der Waals surface area contributed by atoms with E-state index in [4.69, 9.17) is 19.3 Å². The summed E-state index contributed by atoms with van der Waals surface area (Å²) in [7, 11) is 0. The molecule has 2 heterocycles. The quantitative estimate of drug-likeness (QED) is 0.305. The van der Waals surface area contributed by atoms with E-state index in [2.05, 4.69) is 20.6 Å². The first-order chi connectivity index (χ1) is 19.2. The topological polar surface area (TPSA) is 137 Å². The van der Waals surface area contributed by atoms with Gasteiger partial charge in [0.15, 0.2) is 5.65 Å². The summed E-state index contributed by atoms with van der Waals surface area (Å²) in [5, 5.41) is 22.3. The van der Waals surface area contributed by atoms with Crippen molar-refractivity contribution in [3.05, 3.63) is 47.8 Å². The number of aliphatic carboxylic acids is 1. The summed E-state index contributed by atoms with van der Waals surface area (Å²) >= 11 is 0. The van der Waals surface area contributed by atoms with E-state index in [-0.39, 0.29) is 30.1 Å². The van der Waals surface area contributed by atoms with Gasteiger partial charge in [-0.05, 0) is 43.2 Å². The normalized spacial score (nSPS) is 19.4. The number of hydrogen-bond acceptors (Lipinski definition) is 8. The molecule has 0 atom stereocenters. The highest BCUT2D eigenvalue weighted by molar-refractivity contribution is 5.94. The van der Waals surface area contributed by atoms with Crippen molar-refractivity contribution in [3.8, 4) is 11.6 Å². The molecule has 1 saturated carbocycles. The average Bonchev–Trinajstić information content (AvgIpc) is 3.33. The fourth-order valence-electron chi connectivity index (χ4n) is 5.50. The van der Waals surface area contributed by atoms with E-state index in [1.165, 1.54) is 12.1 Å². The van der Waals surface area contributed by atoms with Crippen LogP contribution in [0.4, 0.5) is 13.2 Å². The Balaban J connectivity index is 1.33. The fraction of sp³-hybridized carbons (Fsp3) is 0.519. The van der Waals surface area contributed by atoms with E-state index in [0.29, 0.717) is 41.9 Å². The molecule has 2 N–H and O–H groups in total. The number of carboxylic acid groups (broad SMARTS) is 1. The third-order valence-electron chi connectivity index (χ3n) is 7.14. The van der Waals surface area contributed by atoms with Crippen LogP contribution >= 0.6 is 0 Å². The third-order valence-corrected chi connectivity index (χ3v) is 7.14. The van der Waals surface area contributed by atoms with Crippen LogP contribution in [0.3, 0.4) is 0 Å². The molecule has 0 radical (unpaired) electrons. The zero-order valence-electron chi connectivity index (χ0n) is 23.1. The van der Waals surface area contributed by atoms with E-state index >= 15 is 0 Å². The maximum atomic E-state index is 13.3. The molecule has 3 aromatic rings. The minimum atomic E-state index is -4.72. The van der Waals surface area contributed by atoms with Crippen LogP contribution in [0.25, 0.3) is 5.65 Å². The van der Waals surface area contributed by atoms with Gasteiger partial charge in [-0.15, -0.1) is 15.3 Å². The summed E-state index contributed by atoms with van der Waals surface area (Å²) in [5.41, 5.74) is -0.768. The molecule has 11 nitrogen and oxygen atoms in total. The first kappa shape index (κ1) is 30.0. The van der Waals surface area contributed by atoms with Crippen molar-refractivity contribution >= 4 is 17.5 Å². The van der Waals surface area contributed by atoms with Gasteiger partial charge in [0.2, 0.25) is 5.88 Å². The lowest BCUT2D eigenvalue weighted by atomic mass is 9.49. The number of amides is 1. The van der Waals surface area contributed by atoms with Crippen molar-refractivity contribution in [2.45, 2.75) is 58.9 Å². The lowest BCUT2D eigenvalue weighted by Crippen LogP contribution is -2.74. The molecule has 0 unspecified atom stereocenters. The molecule has 1 aromatic carbocycles. The summed E-state index contributed by atoms with van der Waals surface area (Å²) in [4.78, 5) is 23.5. The number of ether oxygens (including phenoxy) is 3. The van der Waals surface area contributed by atoms with E-state index in [0.717, 1.165) is 0 Å². The largest absolute Gasteiger partial charge is 0.494 e. The van der Waals surface area contributed by atoms with Gasteiger partial charge in [0.25, 0.3) is 11.7 Å². The molecular formula is C27H32F3N5O6. The lowest BCUT2D eigenvalue weighted by Gasteiger charge is -2.62. The van der Waals surface area contributed by atoms with Crippen LogP contribution in [0.2, 0.25) is 0 Å². The molecule has 4 rings (SSSR count). The van der Waals surface area contributed by atoms with Gasteiger partial charge in [-0.1, -0.05) is 27.7 Å². The molecule has 0 saturated heterocycles. The predicted molar refractivity (Wildman–Crippen MR) is 139 cm³/mol. The maximum absolute atomic E-state index is 13.3. The van der Waals surface area contributed by atoms with Gasteiger partial charge in [-0.3, -0.25) is 4.79 Å². The molecule has 0 spiro atoms. The van der Waals surface area contributed by atoms with Crippen molar-refractivity contribution in [1.82, 2.24) is 25.1 Å². The molecule has 1 amide bonds. The van der Waals surface area contributed by atoms with Crippen molar-refractivity contribution < 1.29 is 42.1 Å². The number of aromatic nitrogens is 4. The van der Waals surface area contributed by atoms with Crippen LogP contribution in [0.15, 0.2) is 36.4 Å². The minimum Gasteiger partial charge on any atom is -0.494 e. The smallest absolute Gasteiger partial charge is 0.453 e. The van der Waals surface area contributed by atoms with Crippen molar-refractivity contribution in [3.63, 3.8) is 0 Å². The van der Waals surface area contributed by atoms with Crippen LogP contribution < -0.4 is 14.8 Å². The average molecular weight is 580 g/mol. The van der Waals surface area contributed by atoms with Gasteiger partial charge in [-0.25, -0.2) is 4.79 Å². The lowest BCUT2D eigenvalue weighted by molar-refractivity contribution is -0.166. The monoisotopic (exact) mass is 579 g/mol. The Morgan fingerprint density at radius 3 is 2.29 bits per heavy atom. The van der Waals surface area contributed by atoms with Crippen LogP contribution in [0.5, 0.6) is 11.6 Å². The van der Waals surface area contributed by atoms with Crippen molar-refractivity contribution in [1.29, 1.82) is 0 Å². The van der Waals surface area contributed by atoms with Crippen LogP contribution in [0, 0.1) is 10.8 Å². The molecule has 0 bridgehead atoms. The third kappa shape index (κ3) is 6.53. The Labute approximate surface area is 234 Å². The number of carbonyl (C=O) groups excluding carboxylic acids is 1. The molecule has 41 heavy (non-hydrogen) atoms. The number of alkyl halides is 3. The highest BCUT2D eigenvalue weighted by Gasteiger charge is 2.64. The van der Waals surface area contributed by atoms with E-state index in [1.807, 2.05) is 27.7 Å². The molecule has 1 aliphatic rings. The highest BCUT2D eigenvalue weighted by Crippen LogP contribution is 2.55. The van der Waals surface area contributed by atoms with Gasteiger partial charge in [0.05, 0.1) is 6.61 Å². The number of benzene rings is 1. The second-order valence-corrected chi connectivity index (χ2v) is 11.0. The Kier molecular flexibility index (Phi) is 8.43. The molecule has 1 fully saturated rings. The zero-order chi connectivity index (χ0) is 30.0. The van der Waals surface area contributed by atoms with Gasteiger partial charge >= 0.3 is 12.1 Å². The molecule has 222 valence electrons. The SMILES string of the molecule is CC1(C)[C@H](NC(=O)c2ccc(OCCCCOCC(=O)O)cc2)C(C)(C)[C@H]1Oc1ccc2nnc(C(F)(F)F)n2n1. The van der Waals surface area contributed by atoms with Crippen LogP contribution in [-0.2, 0) is 15.7 Å². The molecule has 0 aliphatic heterocycles. The number of nitrogens with one attached hydrogen (secondary N) is 1. The zero-order valence-corrected chi connectivity index (χ0v) is 23.1. The Morgan fingerprint density at radius 2 is 1.66 bits per heavy atom. The number of rotatable bonds is 12. The number of carboxylic acids is 1. The summed E-state index contributed by atoms with van der Waals surface area (Å²) in [5.74, 6) is -1.95. The molecule has 2 aromatic heterocycles. The number of nitrogens with zero attached hydrogens (tertiary/aromatic N) is 4. The fourth-order valence-corrected chi connectivity index (χ4v) is 5.50. The summed E-state index contributed by atoms with van der Waals surface area (Å²) in [6.07, 6.45) is -3.85. The molecule has 14 heteroatoms. The minimum absolute atomic E-state index is 0.0119. The molecule has 1 aliphatic carbocycles. The molecular weight excluding hydrogens is 547 g/mol. The Morgan fingerprint density at radius 1 is 1.00 bits per heavy atom. The van der Waals surface area contributed by atoms with E-state index in [9.17, 15) is 22.8 Å². The first-order valence-electron chi connectivity index (χ1n) is 13.0. The predicted octanol–water partition coefficient (Wildman–Crippen LogP) is 4.02. The first-order valence-corrected chi connectivity index (χ1v) is 13.0. The number of carbonyl (C=O) groups is 2. The number of halogens is 3. The van der Waals surface area contributed by atoms with Crippen molar-refractivity contribution in [2.24, 2.45) is 10.8 Å². The summed E-state index contributed by atoms with van der Waals surface area (Å²) in [6, 6.07) is 9.19. The van der Waals surface area contributed by atoms with E-state index in [1.54, 1.807) is 24.3 Å². The summed E-state index contributed by atoms with van der Waals surface area (Å²) in [6.45, 7) is 8.08. The number of fused-ring (bicyclic) bond motifs is 1. The van der Waals surface area contributed by atoms with Gasteiger partial charge in [0, 0.05) is 35.1 Å². The van der Waals surface area contributed by atoms with Gasteiger partial charge in [-0.2, -0.15) is 17.7 Å². The second-order valence-electron chi connectivity index (χ2n) is 11.0. The second kappa shape index (κ2) is 11.5. The van der Waals surface area contributed by atoms with E-state index < -0.39 is 34.9 Å². The van der Waals surface area contributed by atoms with Crippen molar-refractivity contribution in [2.75, 3.05) is 19.8 Å². The van der Waals surface area contributed by atoms with Crippen LogP contribution in [0.1, 0.15) is 56.7 Å². The maximum Gasteiger partial charge on any atom is 0.453 e. The summed E-state index contributed by atoms with van der Waals surface area (Å²) < 4.78 is 57.1. The standard InChI is InChI=1S/C27H32F3N5O6/c1-25(2)22(31-21(38)16-7-9-17(10-8-16)40-14-6-5-13-39-15-20(36)37)26(3,4)23(25)41-19-12-11-18-32-33-24(27(28,29)30)35(18)34-19/h7-12,22-23H,5-6,13-15H2,1-4H3,(H,31,38)(H,36,37)/t22-,23-. The Hall–Kier alpha value is -3.94. The van der Waals surface area contributed by atoms with Gasteiger partial charge in [0.1, 0.15) is 18.5 Å². The van der Waals surface area contributed by atoms with Crippen LogP contribution in [-0.4, -0.2) is 68.8 Å². The Bertz CT molecular complexity index is 1370. The number of unbranched alkanes of at least 4 members (excludes halogenated alkanes) is 1. The van der Waals surface area contributed by atoms with Gasteiger partial charge < -0.3 is 24.6 Å².